The van der Waals surface area contributed by atoms with Crippen LogP contribution in [0.1, 0.15) is 17.7 Å². The van der Waals surface area contributed by atoms with Crippen LogP contribution in [-0.4, -0.2) is 34.5 Å². The van der Waals surface area contributed by atoms with Gasteiger partial charge in [-0.1, -0.05) is 16.8 Å². The van der Waals surface area contributed by atoms with Gasteiger partial charge in [-0.2, -0.15) is 11.8 Å². The molecule has 0 atom stereocenters. The lowest BCUT2D eigenvalue weighted by Gasteiger charge is -2.11. The van der Waals surface area contributed by atoms with Crippen LogP contribution in [0.5, 0.6) is 11.5 Å². The zero-order valence-electron chi connectivity index (χ0n) is 11.7. The molecule has 5 nitrogen and oxygen atoms in total. The van der Waals surface area contributed by atoms with E-state index in [0.717, 1.165) is 23.4 Å². The van der Waals surface area contributed by atoms with E-state index in [0.29, 0.717) is 36.3 Å². The Morgan fingerprint density at radius 3 is 3.05 bits per heavy atom. The fourth-order valence-electron chi connectivity index (χ4n) is 2.19. The van der Waals surface area contributed by atoms with Gasteiger partial charge in [0.15, 0.2) is 11.5 Å². The number of nitrogens with zero attached hydrogens (tertiary/aromatic N) is 3. The molecule has 0 bridgehead atoms. The second-order valence-electron chi connectivity index (χ2n) is 4.80. The SMILES string of the molecule is CSCc1cn(Cc2cc(Cl)c3c(c2)OCCCO3)nn1. The summed E-state index contributed by atoms with van der Waals surface area (Å²) in [5.74, 6) is 2.21. The fraction of sp³-hybridized carbons (Fsp3) is 0.429. The number of halogens is 1. The van der Waals surface area contributed by atoms with E-state index in [1.165, 1.54) is 0 Å². The van der Waals surface area contributed by atoms with E-state index in [-0.39, 0.29) is 0 Å². The molecule has 0 aliphatic carbocycles. The van der Waals surface area contributed by atoms with Crippen LogP contribution in [-0.2, 0) is 12.3 Å². The van der Waals surface area contributed by atoms with Crippen molar-refractivity contribution < 1.29 is 9.47 Å². The standard InChI is InChI=1S/C14H16ClN3O2S/c1-21-9-11-8-18(17-16-11)7-10-5-12(15)14-13(6-10)19-3-2-4-20-14/h5-6,8H,2-4,7,9H2,1H3. The second-order valence-corrected chi connectivity index (χ2v) is 6.07. The molecular formula is C14H16ClN3O2S. The molecule has 1 aromatic carbocycles. The Morgan fingerprint density at radius 2 is 2.19 bits per heavy atom. The summed E-state index contributed by atoms with van der Waals surface area (Å²) in [5.41, 5.74) is 1.99. The normalized spacial score (nSPS) is 14.0. The van der Waals surface area contributed by atoms with Crippen LogP contribution in [0, 0.1) is 0 Å². The van der Waals surface area contributed by atoms with E-state index in [9.17, 15) is 0 Å². The molecule has 7 heteroatoms. The Balaban J connectivity index is 1.81. The third-order valence-electron chi connectivity index (χ3n) is 3.08. The van der Waals surface area contributed by atoms with Gasteiger partial charge in [0.05, 0.1) is 30.5 Å². The van der Waals surface area contributed by atoms with Crippen LogP contribution < -0.4 is 9.47 Å². The van der Waals surface area contributed by atoms with E-state index >= 15 is 0 Å². The highest BCUT2D eigenvalue weighted by Crippen LogP contribution is 2.38. The Bertz CT molecular complexity index is 633. The summed E-state index contributed by atoms with van der Waals surface area (Å²) in [6.07, 6.45) is 4.86. The molecule has 21 heavy (non-hydrogen) atoms. The maximum atomic E-state index is 6.29. The van der Waals surface area contributed by atoms with E-state index in [2.05, 4.69) is 10.3 Å². The van der Waals surface area contributed by atoms with Crippen molar-refractivity contribution in [2.24, 2.45) is 0 Å². The average Bonchev–Trinajstić information content (AvgIpc) is 2.74. The van der Waals surface area contributed by atoms with Gasteiger partial charge in [0.2, 0.25) is 0 Å². The van der Waals surface area contributed by atoms with Crippen LogP contribution >= 0.6 is 23.4 Å². The van der Waals surface area contributed by atoms with Gasteiger partial charge in [0.25, 0.3) is 0 Å². The van der Waals surface area contributed by atoms with Crippen molar-refractivity contribution in [2.75, 3.05) is 19.5 Å². The van der Waals surface area contributed by atoms with Crippen molar-refractivity contribution >= 4 is 23.4 Å². The zero-order chi connectivity index (χ0) is 14.7. The van der Waals surface area contributed by atoms with Crippen molar-refractivity contribution in [3.63, 3.8) is 0 Å². The van der Waals surface area contributed by atoms with Gasteiger partial charge in [0.1, 0.15) is 0 Å². The number of benzene rings is 1. The average molecular weight is 326 g/mol. The first-order valence-corrected chi connectivity index (χ1v) is 8.49. The molecule has 2 aromatic rings. The molecule has 1 aromatic heterocycles. The summed E-state index contributed by atoms with van der Waals surface area (Å²) in [4.78, 5) is 0. The number of hydrogen-bond donors (Lipinski definition) is 0. The lowest BCUT2D eigenvalue weighted by molar-refractivity contribution is 0.297. The molecule has 0 N–H and O–H groups in total. The van der Waals surface area contributed by atoms with E-state index in [4.69, 9.17) is 21.1 Å². The van der Waals surface area contributed by atoms with E-state index < -0.39 is 0 Å². The number of hydrogen-bond acceptors (Lipinski definition) is 5. The van der Waals surface area contributed by atoms with Crippen LogP contribution in [0.25, 0.3) is 0 Å². The summed E-state index contributed by atoms with van der Waals surface area (Å²) < 4.78 is 13.1. The van der Waals surface area contributed by atoms with Gasteiger partial charge >= 0.3 is 0 Å². The molecule has 0 fully saturated rings. The largest absolute Gasteiger partial charge is 0.489 e. The van der Waals surface area contributed by atoms with Crippen molar-refractivity contribution in [3.8, 4) is 11.5 Å². The molecule has 0 spiro atoms. The van der Waals surface area contributed by atoms with Gasteiger partial charge in [0, 0.05) is 18.4 Å². The topological polar surface area (TPSA) is 49.2 Å². The van der Waals surface area contributed by atoms with Crippen molar-refractivity contribution in [1.82, 2.24) is 15.0 Å². The van der Waals surface area contributed by atoms with Gasteiger partial charge in [-0.3, -0.25) is 0 Å². The van der Waals surface area contributed by atoms with Crippen molar-refractivity contribution in [1.29, 1.82) is 0 Å². The van der Waals surface area contributed by atoms with E-state index in [1.54, 1.807) is 16.4 Å². The summed E-state index contributed by atoms with van der Waals surface area (Å²) in [6.45, 7) is 1.89. The maximum absolute atomic E-state index is 6.29. The van der Waals surface area contributed by atoms with E-state index in [1.807, 2.05) is 24.6 Å². The molecular weight excluding hydrogens is 310 g/mol. The minimum absolute atomic E-state index is 0.578. The second kappa shape index (κ2) is 6.58. The monoisotopic (exact) mass is 325 g/mol. The highest BCUT2D eigenvalue weighted by atomic mass is 35.5. The highest BCUT2D eigenvalue weighted by molar-refractivity contribution is 7.97. The smallest absolute Gasteiger partial charge is 0.179 e. The quantitative estimate of drug-likeness (QED) is 0.865. The minimum Gasteiger partial charge on any atom is -0.489 e. The van der Waals surface area contributed by atoms with Crippen LogP contribution in [0.4, 0.5) is 0 Å². The molecule has 112 valence electrons. The Morgan fingerprint density at radius 1 is 1.33 bits per heavy atom. The molecule has 0 saturated heterocycles. The van der Waals surface area contributed by atoms with Gasteiger partial charge in [-0.15, -0.1) is 5.10 Å². The number of aromatic nitrogens is 3. The van der Waals surface area contributed by atoms with Gasteiger partial charge in [-0.25, -0.2) is 4.68 Å². The third-order valence-corrected chi connectivity index (χ3v) is 3.95. The Hall–Kier alpha value is -1.40. The molecule has 3 rings (SSSR count). The number of thioether (sulfide) groups is 1. The summed E-state index contributed by atoms with van der Waals surface area (Å²) >= 11 is 8.01. The fourth-order valence-corrected chi connectivity index (χ4v) is 2.91. The minimum atomic E-state index is 0.578. The first kappa shape index (κ1) is 14.5. The van der Waals surface area contributed by atoms with Crippen LogP contribution in [0.2, 0.25) is 5.02 Å². The van der Waals surface area contributed by atoms with Crippen LogP contribution in [0.15, 0.2) is 18.3 Å². The summed E-state index contributed by atoms with van der Waals surface area (Å²) in [7, 11) is 0. The molecule has 0 amide bonds. The number of ether oxygens (including phenoxy) is 2. The molecule has 0 unspecified atom stereocenters. The predicted octanol–water partition coefficient (Wildman–Crippen LogP) is 3.00. The maximum Gasteiger partial charge on any atom is 0.179 e. The third kappa shape index (κ3) is 3.44. The summed E-state index contributed by atoms with van der Waals surface area (Å²) in [6, 6.07) is 3.85. The number of fused-ring (bicyclic) bond motifs is 1. The number of rotatable bonds is 4. The predicted molar refractivity (Wildman–Crippen MR) is 83.4 cm³/mol. The summed E-state index contributed by atoms with van der Waals surface area (Å²) in [5, 5.41) is 8.84. The highest BCUT2D eigenvalue weighted by Gasteiger charge is 2.16. The van der Waals surface area contributed by atoms with Crippen molar-refractivity contribution in [3.05, 3.63) is 34.6 Å². The first-order valence-electron chi connectivity index (χ1n) is 6.72. The molecule has 1 aliphatic rings. The molecule has 0 radical (unpaired) electrons. The van der Waals surface area contributed by atoms with Crippen molar-refractivity contribution in [2.45, 2.75) is 18.7 Å². The lowest BCUT2D eigenvalue weighted by Crippen LogP contribution is -2.02. The lowest BCUT2D eigenvalue weighted by atomic mass is 10.2. The molecule has 1 aliphatic heterocycles. The zero-order valence-corrected chi connectivity index (χ0v) is 13.3. The molecule has 0 saturated carbocycles. The first-order chi connectivity index (χ1) is 10.3. The molecule has 2 heterocycles. The van der Waals surface area contributed by atoms with Gasteiger partial charge in [-0.05, 0) is 24.0 Å². The Kier molecular flexibility index (Phi) is 4.55. The van der Waals surface area contributed by atoms with Crippen LogP contribution in [0.3, 0.4) is 0 Å². The Labute approximate surface area is 132 Å². The van der Waals surface area contributed by atoms with Gasteiger partial charge < -0.3 is 9.47 Å².